The van der Waals surface area contributed by atoms with Gasteiger partial charge in [-0.15, -0.1) is 0 Å². The van der Waals surface area contributed by atoms with Crippen LogP contribution in [0.2, 0.25) is 0 Å². The normalized spacial score (nSPS) is 11.3. The van der Waals surface area contributed by atoms with Gasteiger partial charge in [0, 0.05) is 24.8 Å². The highest BCUT2D eigenvalue weighted by Gasteiger charge is 2.06. The highest BCUT2D eigenvalue weighted by molar-refractivity contribution is 5.58. The molecule has 4 aromatic rings. The molecule has 0 radical (unpaired) electrons. The molecule has 4 heterocycles. The van der Waals surface area contributed by atoms with E-state index < -0.39 is 0 Å². The Hall–Kier alpha value is -2.76. The van der Waals surface area contributed by atoms with Crippen LogP contribution in [0.4, 0.5) is 0 Å². The monoisotopic (exact) mass is 236 g/mol. The predicted octanol–water partition coefficient (Wildman–Crippen LogP) is 1.44. The number of fused-ring (bicyclic) bond motifs is 2. The molecule has 86 valence electrons. The first kappa shape index (κ1) is 9.29. The molecular weight excluding hydrogens is 228 g/mol. The Morgan fingerprint density at radius 2 is 1.94 bits per heavy atom. The van der Waals surface area contributed by atoms with Crippen LogP contribution in [0.5, 0.6) is 0 Å². The molecule has 0 unspecified atom stereocenters. The number of hydrogen-bond donors (Lipinski definition) is 0. The zero-order chi connectivity index (χ0) is 11.9. The van der Waals surface area contributed by atoms with E-state index in [0.717, 1.165) is 22.7 Å². The lowest BCUT2D eigenvalue weighted by Crippen LogP contribution is -1.89. The lowest BCUT2D eigenvalue weighted by atomic mass is 10.3. The van der Waals surface area contributed by atoms with E-state index in [1.807, 2.05) is 35.1 Å². The Kier molecular flexibility index (Phi) is 1.74. The quantitative estimate of drug-likeness (QED) is 0.501. The zero-order valence-electron chi connectivity index (χ0n) is 9.30. The summed E-state index contributed by atoms with van der Waals surface area (Å²) < 4.78 is 3.65. The average molecular weight is 236 g/mol. The highest BCUT2D eigenvalue weighted by atomic mass is 15.2. The average Bonchev–Trinajstić information content (AvgIpc) is 3.04. The summed E-state index contributed by atoms with van der Waals surface area (Å²) in [4.78, 5) is 13.0. The van der Waals surface area contributed by atoms with Gasteiger partial charge in [0.1, 0.15) is 11.4 Å². The molecule has 6 nitrogen and oxygen atoms in total. The van der Waals surface area contributed by atoms with Crippen LogP contribution in [-0.2, 0) is 0 Å². The van der Waals surface area contributed by atoms with E-state index in [0.29, 0.717) is 0 Å². The third-order valence-electron chi connectivity index (χ3n) is 2.78. The third-order valence-corrected chi connectivity index (χ3v) is 2.78. The minimum atomic E-state index is 0.796. The topological polar surface area (TPSA) is 60.4 Å². The second-order valence-corrected chi connectivity index (χ2v) is 3.92. The summed E-state index contributed by atoms with van der Waals surface area (Å²) in [5, 5.41) is 4.19. The van der Waals surface area contributed by atoms with Gasteiger partial charge in [-0.3, -0.25) is 0 Å². The van der Waals surface area contributed by atoms with E-state index in [2.05, 4.69) is 20.1 Å². The van der Waals surface area contributed by atoms with Crippen molar-refractivity contribution in [1.82, 2.24) is 29.0 Å². The predicted molar refractivity (Wildman–Crippen MR) is 65.0 cm³/mol. The van der Waals surface area contributed by atoms with Crippen molar-refractivity contribution in [2.45, 2.75) is 0 Å². The SMILES string of the molecule is c1cnn2cc(-c3cn4ccnc4cn3)nc2c1. The van der Waals surface area contributed by atoms with Gasteiger partial charge in [-0.1, -0.05) is 0 Å². The zero-order valence-corrected chi connectivity index (χ0v) is 9.30. The van der Waals surface area contributed by atoms with E-state index in [9.17, 15) is 0 Å². The first-order valence-electron chi connectivity index (χ1n) is 5.50. The van der Waals surface area contributed by atoms with Gasteiger partial charge in [-0.2, -0.15) is 5.10 Å². The van der Waals surface area contributed by atoms with Crippen LogP contribution < -0.4 is 0 Å². The molecule has 18 heavy (non-hydrogen) atoms. The fraction of sp³-hybridized carbons (Fsp3) is 0. The van der Waals surface area contributed by atoms with Gasteiger partial charge in [-0.05, 0) is 12.1 Å². The molecule has 4 rings (SSSR count). The van der Waals surface area contributed by atoms with Gasteiger partial charge in [0.05, 0.1) is 12.4 Å². The smallest absolute Gasteiger partial charge is 0.155 e. The maximum Gasteiger partial charge on any atom is 0.155 e. The Labute approximate surface area is 102 Å². The van der Waals surface area contributed by atoms with Crippen LogP contribution in [0.25, 0.3) is 22.7 Å². The highest BCUT2D eigenvalue weighted by Crippen LogP contribution is 2.16. The maximum absolute atomic E-state index is 4.48. The van der Waals surface area contributed by atoms with E-state index in [1.54, 1.807) is 23.1 Å². The molecule has 0 N–H and O–H groups in total. The van der Waals surface area contributed by atoms with Gasteiger partial charge < -0.3 is 4.40 Å². The molecule has 0 spiro atoms. The van der Waals surface area contributed by atoms with Crippen molar-refractivity contribution >= 4 is 11.3 Å². The first-order chi connectivity index (χ1) is 8.90. The van der Waals surface area contributed by atoms with Gasteiger partial charge >= 0.3 is 0 Å². The van der Waals surface area contributed by atoms with Crippen LogP contribution in [0.1, 0.15) is 0 Å². The van der Waals surface area contributed by atoms with Crippen molar-refractivity contribution in [2.24, 2.45) is 0 Å². The van der Waals surface area contributed by atoms with Gasteiger partial charge in [-0.25, -0.2) is 19.5 Å². The number of imidazole rings is 2. The van der Waals surface area contributed by atoms with Crippen LogP contribution in [0.15, 0.2) is 49.3 Å². The van der Waals surface area contributed by atoms with Crippen molar-refractivity contribution in [3.05, 3.63) is 49.3 Å². The molecule has 0 aromatic carbocycles. The summed E-state index contributed by atoms with van der Waals surface area (Å²) in [5.74, 6) is 0. The molecule has 0 aliphatic carbocycles. The summed E-state index contributed by atoms with van der Waals surface area (Å²) in [5.41, 5.74) is 3.22. The molecule has 0 atom stereocenters. The molecule has 0 bridgehead atoms. The maximum atomic E-state index is 4.48. The largest absolute Gasteiger partial charge is 0.304 e. The van der Waals surface area contributed by atoms with Crippen molar-refractivity contribution in [1.29, 1.82) is 0 Å². The summed E-state index contributed by atoms with van der Waals surface area (Å²) in [6.45, 7) is 0. The lowest BCUT2D eigenvalue weighted by molar-refractivity contribution is 0.936. The van der Waals surface area contributed by atoms with Crippen LogP contribution in [-0.4, -0.2) is 29.0 Å². The minimum Gasteiger partial charge on any atom is -0.304 e. The lowest BCUT2D eigenvalue weighted by Gasteiger charge is -1.96. The summed E-state index contributed by atoms with van der Waals surface area (Å²) in [6.07, 6.45) is 10.9. The van der Waals surface area contributed by atoms with E-state index in [-0.39, 0.29) is 0 Å². The molecule has 4 aromatic heterocycles. The first-order valence-corrected chi connectivity index (χ1v) is 5.50. The molecule has 0 saturated carbocycles. The number of hydrogen-bond acceptors (Lipinski definition) is 4. The molecule has 0 aliphatic heterocycles. The van der Waals surface area contributed by atoms with Crippen molar-refractivity contribution in [2.75, 3.05) is 0 Å². The molecule has 0 aliphatic rings. The Morgan fingerprint density at radius 1 is 0.944 bits per heavy atom. The molecule has 6 heteroatoms. The van der Waals surface area contributed by atoms with Crippen molar-refractivity contribution in [3.8, 4) is 11.4 Å². The summed E-state index contributed by atoms with van der Waals surface area (Å²) in [6, 6.07) is 3.77. The third kappa shape index (κ3) is 1.29. The van der Waals surface area contributed by atoms with Crippen molar-refractivity contribution in [3.63, 3.8) is 0 Å². The summed E-state index contributed by atoms with van der Waals surface area (Å²) in [7, 11) is 0. The number of aromatic nitrogens is 6. The second-order valence-electron chi connectivity index (χ2n) is 3.92. The Morgan fingerprint density at radius 3 is 2.89 bits per heavy atom. The van der Waals surface area contributed by atoms with Crippen molar-refractivity contribution < 1.29 is 0 Å². The molecule has 0 saturated heterocycles. The number of nitrogens with zero attached hydrogens (tertiary/aromatic N) is 6. The Balaban J connectivity index is 1.94. The Bertz CT molecular complexity index is 811. The van der Waals surface area contributed by atoms with E-state index in [1.165, 1.54) is 0 Å². The van der Waals surface area contributed by atoms with Gasteiger partial charge in [0.2, 0.25) is 0 Å². The molecule has 0 amide bonds. The fourth-order valence-electron chi connectivity index (χ4n) is 1.91. The summed E-state index contributed by atoms with van der Waals surface area (Å²) >= 11 is 0. The minimum absolute atomic E-state index is 0.796. The fourth-order valence-corrected chi connectivity index (χ4v) is 1.91. The van der Waals surface area contributed by atoms with E-state index >= 15 is 0 Å². The standard InChI is InChI=1S/C12H8N6/c1-2-11-16-10(8-18(11)15-3-1)9-7-17-5-4-13-12(17)6-14-9/h1-8H. The van der Waals surface area contributed by atoms with Gasteiger partial charge in [0.25, 0.3) is 0 Å². The van der Waals surface area contributed by atoms with E-state index in [4.69, 9.17) is 0 Å². The van der Waals surface area contributed by atoms with Crippen LogP contribution in [0.3, 0.4) is 0 Å². The molecule has 0 fully saturated rings. The second kappa shape index (κ2) is 3.36. The number of rotatable bonds is 1. The van der Waals surface area contributed by atoms with Gasteiger partial charge in [0.15, 0.2) is 11.3 Å². The van der Waals surface area contributed by atoms with Crippen LogP contribution in [0, 0.1) is 0 Å². The molecular formula is C12H8N6. The van der Waals surface area contributed by atoms with Crippen LogP contribution >= 0.6 is 0 Å².